The molecular formula is C20H21N3O4S. The highest BCUT2D eigenvalue weighted by Gasteiger charge is 2.11. The van der Waals surface area contributed by atoms with E-state index in [2.05, 4.69) is 10.4 Å². The quantitative estimate of drug-likeness (QED) is 0.574. The highest BCUT2D eigenvalue weighted by molar-refractivity contribution is 7.71. The maximum Gasteiger partial charge on any atom is 0.287 e. The van der Waals surface area contributed by atoms with Gasteiger partial charge in [0.05, 0.1) is 6.61 Å². The molecule has 0 fully saturated rings. The molecule has 3 aromatic rings. The first kappa shape index (κ1) is 19.6. The Hall–Kier alpha value is -3.13. The van der Waals surface area contributed by atoms with Crippen molar-refractivity contribution in [3.8, 4) is 11.5 Å². The largest absolute Gasteiger partial charge is 0.494 e. The second kappa shape index (κ2) is 9.18. The van der Waals surface area contributed by atoms with E-state index < -0.39 is 0 Å². The number of ether oxygens (including phenoxy) is 2. The van der Waals surface area contributed by atoms with Gasteiger partial charge in [-0.2, -0.15) is 0 Å². The summed E-state index contributed by atoms with van der Waals surface area (Å²) in [6, 6.07) is 14.8. The predicted octanol–water partition coefficient (Wildman–Crippen LogP) is 4.13. The van der Waals surface area contributed by atoms with Crippen LogP contribution in [0.3, 0.4) is 0 Å². The number of benzene rings is 2. The summed E-state index contributed by atoms with van der Waals surface area (Å²) in [5, 5.41) is 6.99. The van der Waals surface area contributed by atoms with Crippen LogP contribution in [-0.4, -0.2) is 22.3 Å². The molecule has 28 heavy (non-hydrogen) atoms. The molecule has 8 heteroatoms. The van der Waals surface area contributed by atoms with Crippen LogP contribution in [0.15, 0.2) is 52.9 Å². The summed E-state index contributed by atoms with van der Waals surface area (Å²) in [6.07, 6.45) is 0. The average molecular weight is 399 g/mol. The van der Waals surface area contributed by atoms with Crippen LogP contribution in [0, 0.1) is 11.8 Å². The van der Waals surface area contributed by atoms with Crippen LogP contribution in [0.5, 0.6) is 11.5 Å². The second-order valence-corrected chi connectivity index (χ2v) is 6.38. The Kier molecular flexibility index (Phi) is 6.44. The number of aryl methyl sites for hydroxylation is 1. The summed E-state index contributed by atoms with van der Waals surface area (Å²) in [7, 11) is 0. The third-order valence-corrected chi connectivity index (χ3v) is 4.04. The first-order chi connectivity index (χ1) is 13.5. The summed E-state index contributed by atoms with van der Waals surface area (Å²) in [6.45, 7) is 4.56. The maximum absolute atomic E-state index is 12.2. The smallest absolute Gasteiger partial charge is 0.287 e. The van der Waals surface area contributed by atoms with Gasteiger partial charge in [-0.1, -0.05) is 12.1 Å². The molecule has 0 spiro atoms. The zero-order valence-electron chi connectivity index (χ0n) is 15.7. The van der Waals surface area contributed by atoms with Crippen LogP contribution in [-0.2, 0) is 17.9 Å². The van der Waals surface area contributed by atoms with E-state index >= 15 is 0 Å². The Labute approximate surface area is 167 Å². The molecule has 0 saturated heterocycles. The monoisotopic (exact) mass is 399 g/mol. The van der Waals surface area contributed by atoms with E-state index in [0.717, 1.165) is 11.3 Å². The van der Waals surface area contributed by atoms with E-state index in [1.807, 2.05) is 38.1 Å². The van der Waals surface area contributed by atoms with Crippen molar-refractivity contribution in [2.45, 2.75) is 27.0 Å². The van der Waals surface area contributed by atoms with Crippen molar-refractivity contribution in [3.63, 3.8) is 0 Å². The summed E-state index contributed by atoms with van der Waals surface area (Å²) >= 11 is 5.14. The van der Waals surface area contributed by atoms with Gasteiger partial charge < -0.3 is 19.2 Å². The lowest BCUT2D eigenvalue weighted by molar-refractivity contribution is -0.117. The molecule has 1 heterocycles. The molecule has 1 amide bonds. The third kappa shape index (κ3) is 5.43. The van der Waals surface area contributed by atoms with E-state index in [0.29, 0.717) is 23.9 Å². The van der Waals surface area contributed by atoms with Gasteiger partial charge >= 0.3 is 0 Å². The lowest BCUT2D eigenvalue weighted by Crippen LogP contribution is -2.19. The summed E-state index contributed by atoms with van der Waals surface area (Å²) < 4.78 is 17.8. The average Bonchev–Trinajstić information content (AvgIpc) is 3.01. The SMILES string of the molecule is CCOc1ccc(NC(=O)Cn2nc(COc3cccc(C)c3)oc2=S)cc1. The standard InChI is InChI=1S/C20H21N3O4S/c1-3-25-16-9-7-15(8-10-16)21-18(24)12-23-20(28)27-19(22-23)13-26-17-6-4-5-14(2)11-17/h4-11H,3,12-13H2,1-2H3,(H,21,24). The number of rotatable bonds is 8. The molecule has 7 nitrogen and oxygen atoms in total. The molecule has 0 aliphatic heterocycles. The van der Waals surface area contributed by atoms with Crippen LogP contribution < -0.4 is 14.8 Å². The Balaban J connectivity index is 1.56. The number of carbonyl (C=O) groups is 1. The Bertz CT molecular complexity index is 995. The van der Waals surface area contributed by atoms with Crippen molar-refractivity contribution in [2.75, 3.05) is 11.9 Å². The van der Waals surface area contributed by atoms with Gasteiger partial charge in [0, 0.05) is 5.69 Å². The third-order valence-electron chi connectivity index (χ3n) is 3.74. The molecule has 0 radical (unpaired) electrons. The van der Waals surface area contributed by atoms with Gasteiger partial charge in [0.1, 0.15) is 18.0 Å². The molecule has 3 rings (SSSR count). The summed E-state index contributed by atoms with van der Waals surface area (Å²) in [5.41, 5.74) is 1.75. The Morgan fingerprint density at radius 1 is 1.18 bits per heavy atom. The molecule has 0 unspecified atom stereocenters. The lowest BCUT2D eigenvalue weighted by Gasteiger charge is -2.07. The van der Waals surface area contributed by atoms with E-state index in [-0.39, 0.29) is 23.9 Å². The molecule has 0 bridgehead atoms. The number of nitrogens with zero attached hydrogens (tertiary/aromatic N) is 2. The van der Waals surface area contributed by atoms with Crippen molar-refractivity contribution in [1.82, 2.24) is 9.78 Å². The summed E-state index contributed by atoms with van der Waals surface area (Å²) in [4.78, 5) is 12.4. The van der Waals surface area contributed by atoms with Gasteiger partial charge in [-0.05, 0) is 68.0 Å². The van der Waals surface area contributed by atoms with E-state index in [1.54, 1.807) is 24.3 Å². The van der Waals surface area contributed by atoms with E-state index in [1.165, 1.54) is 4.68 Å². The fourth-order valence-electron chi connectivity index (χ4n) is 2.50. The van der Waals surface area contributed by atoms with Crippen molar-refractivity contribution < 1.29 is 18.7 Å². The molecule has 1 aromatic heterocycles. The topological polar surface area (TPSA) is 78.5 Å². The maximum atomic E-state index is 12.2. The van der Waals surface area contributed by atoms with Crippen LogP contribution in [0.2, 0.25) is 0 Å². The minimum Gasteiger partial charge on any atom is -0.494 e. The van der Waals surface area contributed by atoms with Crippen molar-refractivity contribution in [1.29, 1.82) is 0 Å². The van der Waals surface area contributed by atoms with Crippen LogP contribution >= 0.6 is 12.2 Å². The van der Waals surface area contributed by atoms with Crippen LogP contribution in [0.1, 0.15) is 18.4 Å². The normalized spacial score (nSPS) is 10.5. The lowest BCUT2D eigenvalue weighted by atomic mass is 10.2. The van der Waals surface area contributed by atoms with Crippen LogP contribution in [0.25, 0.3) is 0 Å². The number of amides is 1. The minimum atomic E-state index is -0.264. The molecule has 0 aliphatic rings. The highest BCUT2D eigenvalue weighted by Crippen LogP contribution is 2.16. The number of anilines is 1. The number of carbonyl (C=O) groups excluding carboxylic acids is 1. The fraction of sp³-hybridized carbons (Fsp3) is 0.250. The summed E-state index contributed by atoms with van der Waals surface area (Å²) in [5.74, 6) is 1.50. The number of nitrogens with one attached hydrogen (secondary N) is 1. The van der Waals surface area contributed by atoms with Crippen molar-refractivity contribution in [2.24, 2.45) is 0 Å². The Morgan fingerprint density at radius 3 is 2.68 bits per heavy atom. The molecule has 1 N–H and O–H groups in total. The zero-order valence-corrected chi connectivity index (χ0v) is 16.5. The van der Waals surface area contributed by atoms with E-state index in [9.17, 15) is 4.79 Å². The zero-order chi connectivity index (χ0) is 19.9. The van der Waals surface area contributed by atoms with Crippen LogP contribution in [0.4, 0.5) is 5.69 Å². The number of aromatic nitrogens is 2. The van der Waals surface area contributed by atoms with Gasteiger partial charge in [0.2, 0.25) is 5.91 Å². The molecule has 0 aliphatic carbocycles. The minimum absolute atomic E-state index is 0.0556. The van der Waals surface area contributed by atoms with Gasteiger partial charge in [-0.25, -0.2) is 4.68 Å². The number of hydrogen-bond donors (Lipinski definition) is 1. The van der Waals surface area contributed by atoms with Gasteiger partial charge in [0.25, 0.3) is 10.7 Å². The van der Waals surface area contributed by atoms with E-state index in [4.69, 9.17) is 26.1 Å². The number of hydrogen-bond acceptors (Lipinski definition) is 6. The molecule has 2 aromatic carbocycles. The predicted molar refractivity (Wildman–Crippen MR) is 107 cm³/mol. The van der Waals surface area contributed by atoms with Crippen molar-refractivity contribution in [3.05, 3.63) is 64.8 Å². The second-order valence-electron chi connectivity index (χ2n) is 6.03. The first-order valence-electron chi connectivity index (χ1n) is 8.82. The molecule has 146 valence electrons. The van der Waals surface area contributed by atoms with Gasteiger partial charge in [-0.15, -0.1) is 5.10 Å². The molecule has 0 atom stereocenters. The Morgan fingerprint density at radius 2 is 1.96 bits per heavy atom. The first-order valence-corrected chi connectivity index (χ1v) is 9.23. The van der Waals surface area contributed by atoms with Crippen molar-refractivity contribution >= 4 is 23.8 Å². The molecule has 0 saturated carbocycles. The van der Waals surface area contributed by atoms with Gasteiger partial charge in [-0.3, -0.25) is 4.79 Å². The highest BCUT2D eigenvalue weighted by atomic mass is 32.1. The fourth-order valence-corrected chi connectivity index (χ4v) is 2.70. The molecular weight excluding hydrogens is 378 g/mol. The van der Waals surface area contributed by atoms with Gasteiger partial charge in [0.15, 0.2) is 6.61 Å².